The second-order valence-corrected chi connectivity index (χ2v) is 5.24. The molecule has 3 aromatic rings. The van der Waals surface area contributed by atoms with E-state index in [1.54, 1.807) is 10.6 Å². The molecule has 0 unspecified atom stereocenters. The quantitative estimate of drug-likeness (QED) is 0.543. The zero-order valence-corrected chi connectivity index (χ0v) is 11.1. The van der Waals surface area contributed by atoms with E-state index in [4.69, 9.17) is 4.52 Å². The van der Waals surface area contributed by atoms with Gasteiger partial charge in [0.25, 0.3) is 5.69 Å². The Hall–Kier alpha value is -2.70. The van der Waals surface area contributed by atoms with Gasteiger partial charge in [-0.05, 0) is 18.9 Å². The topological polar surface area (TPSA) is 87.0 Å². The number of non-ortho nitro benzene ring substituents is 1. The summed E-state index contributed by atoms with van der Waals surface area (Å²) in [5.74, 6) is 1.63. The van der Waals surface area contributed by atoms with E-state index < -0.39 is 0 Å². The fraction of sp³-hybridized carbons (Fsp3) is 0.286. The molecule has 0 aliphatic heterocycles. The smallest absolute Gasteiger partial charge is 0.293 e. The van der Waals surface area contributed by atoms with Gasteiger partial charge >= 0.3 is 0 Å². The van der Waals surface area contributed by atoms with Crippen molar-refractivity contribution in [1.29, 1.82) is 0 Å². The first-order chi connectivity index (χ1) is 10.2. The number of nitro benzene ring substituents is 1. The van der Waals surface area contributed by atoms with Crippen LogP contribution in [-0.4, -0.2) is 19.6 Å². The van der Waals surface area contributed by atoms with E-state index in [-0.39, 0.29) is 10.6 Å². The summed E-state index contributed by atoms with van der Waals surface area (Å²) in [6.45, 7) is 0.366. The van der Waals surface area contributed by atoms with E-state index in [1.165, 1.54) is 6.07 Å². The number of hydrogen-bond donors (Lipinski definition) is 0. The molecular weight excluding hydrogens is 272 g/mol. The largest absolute Gasteiger partial charge is 0.339 e. The number of hydrogen-bond acceptors (Lipinski definition) is 5. The summed E-state index contributed by atoms with van der Waals surface area (Å²) in [6, 6.07) is 6.89. The van der Waals surface area contributed by atoms with Crippen LogP contribution in [0, 0.1) is 10.1 Å². The van der Waals surface area contributed by atoms with Crippen LogP contribution in [0.5, 0.6) is 0 Å². The monoisotopic (exact) mass is 284 g/mol. The minimum atomic E-state index is -0.370. The minimum Gasteiger partial charge on any atom is -0.339 e. The Morgan fingerprint density at radius 2 is 2.24 bits per heavy atom. The minimum absolute atomic E-state index is 0.0865. The molecule has 7 heteroatoms. The van der Waals surface area contributed by atoms with Crippen LogP contribution >= 0.6 is 0 Å². The molecule has 1 aliphatic rings. The van der Waals surface area contributed by atoms with Crippen molar-refractivity contribution in [3.05, 3.63) is 52.3 Å². The van der Waals surface area contributed by atoms with Gasteiger partial charge in [-0.3, -0.25) is 10.1 Å². The van der Waals surface area contributed by atoms with Crippen LogP contribution in [-0.2, 0) is 6.54 Å². The molecule has 0 bridgehead atoms. The zero-order chi connectivity index (χ0) is 14.4. The highest BCUT2D eigenvalue weighted by atomic mass is 16.6. The van der Waals surface area contributed by atoms with Crippen LogP contribution in [0.2, 0.25) is 0 Å². The molecule has 0 N–H and O–H groups in total. The zero-order valence-electron chi connectivity index (χ0n) is 11.1. The molecule has 0 spiro atoms. The molecule has 1 saturated carbocycles. The third kappa shape index (κ3) is 2.06. The maximum Gasteiger partial charge on any atom is 0.293 e. The molecule has 0 saturated heterocycles. The molecule has 0 atom stereocenters. The average molecular weight is 284 g/mol. The van der Waals surface area contributed by atoms with Crippen molar-refractivity contribution in [2.24, 2.45) is 0 Å². The number of rotatable bonds is 4. The van der Waals surface area contributed by atoms with Crippen LogP contribution < -0.4 is 0 Å². The van der Waals surface area contributed by atoms with Crippen molar-refractivity contribution in [3.8, 4) is 0 Å². The molecule has 1 aliphatic carbocycles. The predicted octanol–water partition coefficient (Wildman–Crippen LogP) is 2.86. The molecule has 106 valence electrons. The highest BCUT2D eigenvalue weighted by molar-refractivity contribution is 5.88. The van der Waals surface area contributed by atoms with Crippen LogP contribution in [0.3, 0.4) is 0 Å². The summed E-state index contributed by atoms with van der Waals surface area (Å²) in [7, 11) is 0. The molecule has 7 nitrogen and oxygen atoms in total. The van der Waals surface area contributed by atoms with E-state index in [0.717, 1.165) is 18.2 Å². The Kier molecular flexibility index (Phi) is 2.53. The number of aromatic nitrogens is 3. The van der Waals surface area contributed by atoms with Crippen LogP contribution in [0.4, 0.5) is 5.69 Å². The second-order valence-electron chi connectivity index (χ2n) is 5.24. The fourth-order valence-electron chi connectivity index (χ4n) is 2.50. The normalized spacial score (nSPS) is 14.7. The van der Waals surface area contributed by atoms with Gasteiger partial charge in [-0.1, -0.05) is 17.3 Å². The van der Waals surface area contributed by atoms with E-state index in [9.17, 15) is 10.1 Å². The Bertz CT molecular complexity index is 832. The average Bonchev–Trinajstić information content (AvgIpc) is 3.09. The Balaban J connectivity index is 1.73. The van der Waals surface area contributed by atoms with Gasteiger partial charge < -0.3 is 9.09 Å². The van der Waals surface area contributed by atoms with Gasteiger partial charge in [0.15, 0.2) is 5.82 Å². The molecule has 2 aromatic heterocycles. The molecule has 1 aromatic carbocycles. The van der Waals surface area contributed by atoms with Gasteiger partial charge in [-0.15, -0.1) is 0 Å². The molecule has 0 radical (unpaired) electrons. The van der Waals surface area contributed by atoms with Crippen molar-refractivity contribution in [2.45, 2.75) is 25.3 Å². The molecular formula is C14H12N4O3. The first-order valence-corrected chi connectivity index (χ1v) is 6.77. The van der Waals surface area contributed by atoms with E-state index in [2.05, 4.69) is 10.1 Å². The SMILES string of the molecule is O=[N+]([O-])c1cccc2ccn(Cc3noc(C4CC4)n3)c12. The first-order valence-electron chi connectivity index (χ1n) is 6.77. The van der Waals surface area contributed by atoms with Crippen molar-refractivity contribution in [2.75, 3.05) is 0 Å². The Labute approximate surface area is 119 Å². The van der Waals surface area contributed by atoms with Crippen LogP contribution in [0.15, 0.2) is 35.0 Å². The standard InChI is InChI=1S/C14H12N4O3/c19-18(20)11-3-1-2-9-6-7-17(13(9)11)8-12-15-14(21-16-12)10-4-5-10/h1-3,6-7,10H,4-5,8H2. The van der Waals surface area contributed by atoms with Gasteiger partial charge in [-0.2, -0.15) is 4.98 Å². The van der Waals surface area contributed by atoms with Crippen molar-refractivity contribution in [3.63, 3.8) is 0 Å². The maximum atomic E-state index is 11.2. The third-order valence-corrected chi connectivity index (χ3v) is 3.69. The maximum absolute atomic E-state index is 11.2. The molecule has 1 fully saturated rings. The van der Waals surface area contributed by atoms with E-state index >= 15 is 0 Å². The first kappa shape index (κ1) is 12.1. The molecule has 4 rings (SSSR count). The highest BCUT2D eigenvalue weighted by Gasteiger charge is 2.29. The Morgan fingerprint density at radius 3 is 3.00 bits per heavy atom. The summed E-state index contributed by atoms with van der Waals surface area (Å²) in [4.78, 5) is 15.2. The lowest BCUT2D eigenvalue weighted by Gasteiger charge is -2.02. The number of nitrogens with zero attached hydrogens (tertiary/aromatic N) is 4. The summed E-state index contributed by atoms with van der Waals surface area (Å²) < 4.78 is 7.01. The van der Waals surface area contributed by atoms with Crippen molar-refractivity contribution in [1.82, 2.24) is 14.7 Å². The van der Waals surface area contributed by atoms with Crippen LogP contribution in [0.25, 0.3) is 10.9 Å². The number of fused-ring (bicyclic) bond motifs is 1. The lowest BCUT2D eigenvalue weighted by molar-refractivity contribution is -0.383. The summed E-state index contributed by atoms with van der Waals surface area (Å²) in [5, 5.41) is 15.9. The van der Waals surface area contributed by atoms with Crippen molar-refractivity contribution >= 4 is 16.6 Å². The molecule has 0 amide bonds. The predicted molar refractivity (Wildman–Crippen MR) is 74.0 cm³/mol. The summed E-state index contributed by atoms with van der Waals surface area (Å²) in [6.07, 6.45) is 4.00. The lowest BCUT2D eigenvalue weighted by Crippen LogP contribution is -2.02. The van der Waals surface area contributed by atoms with Gasteiger partial charge in [0, 0.05) is 23.6 Å². The van der Waals surface area contributed by atoms with Gasteiger partial charge in [0.05, 0.1) is 11.5 Å². The number of para-hydroxylation sites is 1. The summed E-state index contributed by atoms with van der Waals surface area (Å²) in [5.41, 5.74) is 0.670. The summed E-state index contributed by atoms with van der Waals surface area (Å²) >= 11 is 0. The fourth-order valence-corrected chi connectivity index (χ4v) is 2.50. The van der Waals surface area contributed by atoms with E-state index in [1.807, 2.05) is 18.3 Å². The highest BCUT2D eigenvalue weighted by Crippen LogP contribution is 2.38. The number of benzene rings is 1. The van der Waals surface area contributed by atoms with Crippen molar-refractivity contribution < 1.29 is 9.45 Å². The molecule has 2 heterocycles. The van der Waals surface area contributed by atoms with Gasteiger partial charge in [-0.25, -0.2) is 0 Å². The van der Waals surface area contributed by atoms with Gasteiger partial charge in [0.2, 0.25) is 5.89 Å². The van der Waals surface area contributed by atoms with Gasteiger partial charge in [0.1, 0.15) is 5.52 Å². The second kappa shape index (κ2) is 4.41. The third-order valence-electron chi connectivity index (χ3n) is 3.69. The van der Waals surface area contributed by atoms with E-state index in [0.29, 0.717) is 29.7 Å². The number of nitro groups is 1. The van der Waals surface area contributed by atoms with Crippen LogP contribution in [0.1, 0.15) is 30.5 Å². The Morgan fingerprint density at radius 1 is 1.38 bits per heavy atom. The molecule has 21 heavy (non-hydrogen) atoms. The lowest BCUT2D eigenvalue weighted by atomic mass is 10.2.